The highest BCUT2D eigenvalue weighted by Crippen LogP contribution is 2.05. The number of ether oxygens (including phenoxy) is 1. The zero-order valence-electron chi connectivity index (χ0n) is 8.12. The molecule has 1 aromatic rings. The summed E-state index contributed by atoms with van der Waals surface area (Å²) in [5.74, 6) is 0. The van der Waals surface area contributed by atoms with E-state index in [0.717, 1.165) is 5.56 Å². The minimum Gasteiger partial charge on any atom is -0.450 e. The molecule has 1 aromatic carbocycles. The Labute approximate surface area is 83.1 Å². The number of carbonyl (C=O) groups excluding carboxylic acids is 1. The Morgan fingerprint density at radius 2 is 2.36 bits per heavy atom. The number of anilines is 1. The third kappa shape index (κ3) is 3.35. The first-order chi connectivity index (χ1) is 6.72. The van der Waals surface area contributed by atoms with Gasteiger partial charge in [-0.15, -0.1) is 0 Å². The average molecular weight is 194 g/mol. The van der Waals surface area contributed by atoms with Crippen LogP contribution in [0.25, 0.3) is 0 Å². The summed E-state index contributed by atoms with van der Waals surface area (Å²) in [6, 6.07) is 7.35. The predicted molar refractivity (Wildman–Crippen MR) is 54.7 cm³/mol. The van der Waals surface area contributed by atoms with E-state index in [9.17, 15) is 4.79 Å². The van der Waals surface area contributed by atoms with Gasteiger partial charge in [-0.3, -0.25) is 0 Å². The summed E-state index contributed by atoms with van der Waals surface area (Å²) in [6.07, 6.45) is -0.407. The zero-order chi connectivity index (χ0) is 10.4. The van der Waals surface area contributed by atoms with Gasteiger partial charge in [0, 0.05) is 12.2 Å². The van der Waals surface area contributed by atoms with E-state index in [1.807, 2.05) is 18.2 Å². The van der Waals surface area contributed by atoms with Crippen molar-refractivity contribution in [2.45, 2.75) is 13.5 Å². The SMILES string of the molecule is CCOC(=O)NCc1cccc(N)c1. The van der Waals surface area contributed by atoms with Crippen LogP contribution < -0.4 is 11.1 Å². The summed E-state index contributed by atoms with van der Waals surface area (Å²) >= 11 is 0. The van der Waals surface area contributed by atoms with E-state index in [2.05, 4.69) is 5.32 Å². The first-order valence-corrected chi connectivity index (χ1v) is 4.47. The molecule has 0 aromatic heterocycles. The Kier molecular flexibility index (Phi) is 3.79. The lowest BCUT2D eigenvalue weighted by Crippen LogP contribution is -2.23. The third-order valence-electron chi connectivity index (χ3n) is 1.66. The Morgan fingerprint density at radius 3 is 3.00 bits per heavy atom. The summed E-state index contributed by atoms with van der Waals surface area (Å²) in [7, 11) is 0. The number of amides is 1. The molecule has 0 saturated carbocycles. The van der Waals surface area contributed by atoms with Crippen LogP contribution in [0.5, 0.6) is 0 Å². The van der Waals surface area contributed by atoms with Gasteiger partial charge in [0.05, 0.1) is 6.61 Å². The molecule has 1 amide bonds. The van der Waals surface area contributed by atoms with Crippen LogP contribution >= 0.6 is 0 Å². The number of carbonyl (C=O) groups is 1. The van der Waals surface area contributed by atoms with Crippen LogP contribution in [0.2, 0.25) is 0 Å². The van der Waals surface area contributed by atoms with Crippen molar-refractivity contribution in [2.24, 2.45) is 0 Å². The van der Waals surface area contributed by atoms with Gasteiger partial charge in [-0.2, -0.15) is 0 Å². The molecule has 0 radical (unpaired) electrons. The zero-order valence-corrected chi connectivity index (χ0v) is 8.12. The number of hydrogen-bond donors (Lipinski definition) is 2. The minimum absolute atomic E-state index is 0.378. The van der Waals surface area contributed by atoms with Crippen LogP contribution in [0.4, 0.5) is 10.5 Å². The van der Waals surface area contributed by atoms with Crippen molar-refractivity contribution < 1.29 is 9.53 Å². The van der Waals surface area contributed by atoms with Gasteiger partial charge in [0.1, 0.15) is 0 Å². The van der Waals surface area contributed by atoms with Crippen molar-refractivity contribution in [2.75, 3.05) is 12.3 Å². The molecule has 14 heavy (non-hydrogen) atoms. The molecule has 1 rings (SSSR count). The Hall–Kier alpha value is -1.71. The van der Waals surface area contributed by atoms with Crippen molar-refractivity contribution in [3.05, 3.63) is 29.8 Å². The molecule has 0 aliphatic heterocycles. The van der Waals surface area contributed by atoms with Gasteiger partial charge in [-0.05, 0) is 24.6 Å². The molecule has 0 aliphatic carbocycles. The molecule has 0 heterocycles. The molecule has 0 saturated heterocycles. The lowest BCUT2D eigenvalue weighted by atomic mass is 10.2. The van der Waals surface area contributed by atoms with Crippen molar-refractivity contribution in [3.63, 3.8) is 0 Å². The molecule has 0 aliphatic rings. The fourth-order valence-electron chi connectivity index (χ4n) is 1.06. The van der Waals surface area contributed by atoms with Crippen molar-refractivity contribution in [3.8, 4) is 0 Å². The predicted octanol–water partition coefficient (Wildman–Crippen LogP) is 1.51. The van der Waals surface area contributed by atoms with E-state index < -0.39 is 6.09 Å². The second-order valence-corrected chi connectivity index (χ2v) is 2.82. The maximum absolute atomic E-state index is 10.9. The summed E-state index contributed by atoms with van der Waals surface area (Å²) < 4.78 is 4.71. The smallest absolute Gasteiger partial charge is 0.407 e. The minimum atomic E-state index is -0.407. The molecule has 0 spiro atoms. The lowest BCUT2D eigenvalue weighted by Gasteiger charge is -2.05. The molecular formula is C10H14N2O2. The van der Waals surface area contributed by atoms with Crippen LogP contribution in [0.1, 0.15) is 12.5 Å². The normalized spacial score (nSPS) is 9.50. The van der Waals surface area contributed by atoms with Crippen molar-refractivity contribution >= 4 is 11.8 Å². The first-order valence-electron chi connectivity index (χ1n) is 4.47. The number of alkyl carbamates (subject to hydrolysis) is 1. The number of benzene rings is 1. The van der Waals surface area contributed by atoms with Crippen LogP contribution in [0.3, 0.4) is 0 Å². The van der Waals surface area contributed by atoms with Gasteiger partial charge < -0.3 is 15.8 Å². The molecule has 0 atom stereocenters. The van der Waals surface area contributed by atoms with E-state index >= 15 is 0 Å². The molecule has 3 N–H and O–H groups in total. The van der Waals surface area contributed by atoms with Crippen LogP contribution in [-0.4, -0.2) is 12.7 Å². The van der Waals surface area contributed by atoms with E-state index in [-0.39, 0.29) is 0 Å². The molecule has 0 fully saturated rings. The summed E-state index contributed by atoms with van der Waals surface area (Å²) in [5, 5.41) is 2.61. The maximum Gasteiger partial charge on any atom is 0.407 e. The fourth-order valence-corrected chi connectivity index (χ4v) is 1.06. The molecular weight excluding hydrogens is 180 g/mol. The quantitative estimate of drug-likeness (QED) is 0.717. The lowest BCUT2D eigenvalue weighted by molar-refractivity contribution is 0.151. The van der Waals surface area contributed by atoms with Gasteiger partial charge in [0.2, 0.25) is 0 Å². The Bertz CT molecular complexity index is 313. The highest BCUT2D eigenvalue weighted by atomic mass is 16.5. The van der Waals surface area contributed by atoms with Crippen molar-refractivity contribution in [1.29, 1.82) is 0 Å². The number of nitrogens with one attached hydrogen (secondary N) is 1. The summed E-state index contributed by atoms with van der Waals surface area (Å²) in [5.41, 5.74) is 7.22. The van der Waals surface area contributed by atoms with Gasteiger partial charge in [0.15, 0.2) is 0 Å². The number of nitrogen functional groups attached to an aromatic ring is 1. The maximum atomic E-state index is 10.9. The van der Waals surface area contributed by atoms with Crippen molar-refractivity contribution in [1.82, 2.24) is 5.32 Å². The molecule has 0 bridgehead atoms. The standard InChI is InChI=1S/C10H14N2O2/c1-2-14-10(13)12-7-8-4-3-5-9(11)6-8/h3-6H,2,7,11H2,1H3,(H,12,13). The largest absolute Gasteiger partial charge is 0.450 e. The van der Waals surface area contributed by atoms with Crippen LogP contribution in [0.15, 0.2) is 24.3 Å². The molecule has 0 unspecified atom stereocenters. The van der Waals surface area contributed by atoms with Gasteiger partial charge >= 0.3 is 6.09 Å². The highest BCUT2D eigenvalue weighted by molar-refractivity contribution is 5.67. The summed E-state index contributed by atoms with van der Waals surface area (Å²) in [6.45, 7) is 2.58. The number of nitrogens with two attached hydrogens (primary N) is 1. The number of rotatable bonds is 3. The topological polar surface area (TPSA) is 64.3 Å². The van der Waals surface area contributed by atoms with Crippen LogP contribution in [-0.2, 0) is 11.3 Å². The van der Waals surface area contributed by atoms with E-state index in [4.69, 9.17) is 10.5 Å². The first kappa shape index (κ1) is 10.4. The van der Waals surface area contributed by atoms with Gasteiger partial charge in [-0.1, -0.05) is 12.1 Å². The molecule has 4 nitrogen and oxygen atoms in total. The molecule has 76 valence electrons. The van der Waals surface area contributed by atoms with E-state index in [1.165, 1.54) is 0 Å². The second kappa shape index (κ2) is 5.11. The van der Waals surface area contributed by atoms with Crippen LogP contribution in [0, 0.1) is 0 Å². The molecule has 4 heteroatoms. The van der Waals surface area contributed by atoms with Gasteiger partial charge in [-0.25, -0.2) is 4.79 Å². The van der Waals surface area contributed by atoms with E-state index in [1.54, 1.807) is 13.0 Å². The fraction of sp³-hybridized carbons (Fsp3) is 0.300. The highest BCUT2D eigenvalue weighted by Gasteiger charge is 1.99. The average Bonchev–Trinajstić information content (AvgIpc) is 2.15. The second-order valence-electron chi connectivity index (χ2n) is 2.82. The van der Waals surface area contributed by atoms with E-state index in [0.29, 0.717) is 18.8 Å². The Balaban J connectivity index is 2.41. The summed E-state index contributed by atoms with van der Waals surface area (Å²) in [4.78, 5) is 10.9. The Morgan fingerprint density at radius 1 is 1.57 bits per heavy atom. The third-order valence-corrected chi connectivity index (χ3v) is 1.66. The monoisotopic (exact) mass is 194 g/mol. The number of hydrogen-bond acceptors (Lipinski definition) is 3. The van der Waals surface area contributed by atoms with Gasteiger partial charge in [0.25, 0.3) is 0 Å².